The van der Waals surface area contributed by atoms with Crippen molar-refractivity contribution in [1.29, 1.82) is 0 Å². The summed E-state index contributed by atoms with van der Waals surface area (Å²) >= 11 is 0. The van der Waals surface area contributed by atoms with Crippen LogP contribution in [0.25, 0.3) is 0 Å². The lowest BCUT2D eigenvalue weighted by molar-refractivity contribution is -0.131. The van der Waals surface area contributed by atoms with Crippen molar-refractivity contribution in [3.8, 4) is 5.75 Å². The van der Waals surface area contributed by atoms with Crippen LogP contribution in [0.1, 0.15) is 26.3 Å². The largest absolute Gasteiger partial charge is 0.427 e. The van der Waals surface area contributed by atoms with E-state index in [2.05, 4.69) is 5.32 Å². The molecular formula is C13H17NO3. The number of amides is 1. The molecule has 1 rings (SSSR count). The normalized spacial score (nSPS) is 11.7. The predicted octanol–water partition coefficient (Wildman–Crippen LogP) is 1.68. The third-order valence-electron chi connectivity index (χ3n) is 2.18. The highest BCUT2D eigenvalue weighted by Gasteiger charge is 2.05. The van der Waals surface area contributed by atoms with Gasteiger partial charge in [0.05, 0.1) is 0 Å². The van der Waals surface area contributed by atoms with Crippen LogP contribution >= 0.6 is 0 Å². The van der Waals surface area contributed by atoms with Gasteiger partial charge in [-0.05, 0) is 31.0 Å². The molecule has 0 heterocycles. The maximum Gasteiger partial charge on any atom is 0.308 e. The first-order valence-corrected chi connectivity index (χ1v) is 5.52. The Morgan fingerprint density at radius 2 is 1.82 bits per heavy atom. The van der Waals surface area contributed by atoms with Crippen molar-refractivity contribution in [2.45, 2.75) is 33.2 Å². The van der Waals surface area contributed by atoms with Gasteiger partial charge < -0.3 is 10.1 Å². The van der Waals surface area contributed by atoms with Crippen LogP contribution in [-0.2, 0) is 16.0 Å². The monoisotopic (exact) mass is 235 g/mol. The molecule has 0 bridgehead atoms. The fourth-order valence-electron chi connectivity index (χ4n) is 1.61. The van der Waals surface area contributed by atoms with Crippen LogP contribution in [-0.4, -0.2) is 17.9 Å². The maximum absolute atomic E-state index is 10.9. The van der Waals surface area contributed by atoms with Gasteiger partial charge in [0.15, 0.2) is 0 Å². The molecule has 0 spiro atoms. The summed E-state index contributed by atoms with van der Waals surface area (Å²) in [5, 5.41) is 2.81. The second-order valence-electron chi connectivity index (χ2n) is 4.04. The number of ether oxygens (including phenoxy) is 1. The smallest absolute Gasteiger partial charge is 0.308 e. The molecule has 0 aromatic heterocycles. The van der Waals surface area contributed by atoms with Crippen molar-refractivity contribution in [3.63, 3.8) is 0 Å². The third kappa shape index (κ3) is 5.15. The Morgan fingerprint density at radius 1 is 1.24 bits per heavy atom. The van der Waals surface area contributed by atoms with Crippen molar-refractivity contribution in [3.05, 3.63) is 29.8 Å². The number of hydrogen-bond donors (Lipinski definition) is 1. The molecular weight excluding hydrogens is 218 g/mol. The molecule has 0 radical (unpaired) electrons. The zero-order chi connectivity index (χ0) is 12.8. The van der Waals surface area contributed by atoms with Crippen LogP contribution < -0.4 is 10.1 Å². The first kappa shape index (κ1) is 13.2. The molecule has 1 atom stereocenters. The molecule has 1 aromatic carbocycles. The van der Waals surface area contributed by atoms with Crippen molar-refractivity contribution in [1.82, 2.24) is 5.32 Å². The minimum atomic E-state index is -0.329. The number of carbonyl (C=O) groups is 2. The van der Waals surface area contributed by atoms with Crippen LogP contribution in [0.3, 0.4) is 0 Å². The van der Waals surface area contributed by atoms with Gasteiger partial charge in [0.1, 0.15) is 5.75 Å². The lowest BCUT2D eigenvalue weighted by atomic mass is 10.1. The lowest BCUT2D eigenvalue weighted by Gasteiger charge is -2.12. The Labute approximate surface area is 101 Å². The Hall–Kier alpha value is -1.84. The second kappa shape index (κ2) is 6.03. The number of rotatable bonds is 4. The molecule has 1 amide bonds. The van der Waals surface area contributed by atoms with Gasteiger partial charge in [0, 0.05) is 19.9 Å². The average Bonchev–Trinajstić information content (AvgIpc) is 2.18. The summed E-state index contributed by atoms with van der Waals surface area (Å²) in [6.45, 7) is 4.81. The fraction of sp³-hybridized carbons (Fsp3) is 0.385. The van der Waals surface area contributed by atoms with Gasteiger partial charge in [0.2, 0.25) is 5.91 Å². The van der Waals surface area contributed by atoms with Crippen molar-refractivity contribution in [2.24, 2.45) is 0 Å². The molecule has 1 aromatic rings. The molecule has 0 saturated heterocycles. The molecule has 0 fully saturated rings. The molecule has 0 unspecified atom stereocenters. The number of benzene rings is 1. The van der Waals surface area contributed by atoms with Gasteiger partial charge >= 0.3 is 5.97 Å². The van der Waals surface area contributed by atoms with Crippen LogP contribution in [0.15, 0.2) is 24.3 Å². The number of nitrogens with one attached hydrogen (secondary N) is 1. The van der Waals surface area contributed by atoms with Crippen molar-refractivity contribution < 1.29 is 14.3 Å². The molecule has 92 valence electrons. The highest BCUT2D eigenvalue weighted by molar-refractivity contribution is 5.73. The van der Waals surface area contributed by atoms with Gasteiger partial charge in [-0.2, -0.15) is 0 Å². The SMILES string of the molecule is CC(=O)N[C@@H](C)Cc1ccc(OC(C)=O)cc1. The number of carbonyl (C=O) groups excluding carboxylic acids is 2. The van der Waals surface area contributed by atoms with E-state index in [1.165, 1.54) is 13.8 Å². The molecule has 4 heteroatoms. The molecule has 0 saturated carbocycles. The quantitative estimate of drug-likeness (QED) is 0.638. The first-order chi connectivity index (χ1) is 7.97. The van der Waals surface area contributed by atoms with E-state index in [4.69, 9.17) is 4.74 Å². The highest BCUT2D eigenvalue weighted by Crippen LogP contribution is 2.13. The van der Waals surface area contributed by atoms with E-state index in [-0.39, 0.29) is 17.9 Å². The summed E-state index contributed by atoms with van der Waals surface area (Å²) in [6, 6.07) is 7.36. The summed E-state index contributed by atoms with van der Waals surface area (Å²) in [5.41, 5.74) is 1.09. The predicted molar refractivity (Wildman–Crippen MR) is 64.7 cm³/mol. The summed E-state index contributed by atoms with van der Waals surface area (Å²) in [4.78, 5) is 21.6. The minimum absolute atomic E-state index is 0.0333. The molecule has 1 N–H and O–H groups in total. The topological polar surface area (TPSA) is 55.4 Å². The van der Waals surface area contributed by atoms with E-state index < -0.39 is 0 Å². The number of esters is 1. The maximum atomic E-state index is 10.9. The summed E-state index contributed by atoms with van der Waals surface area (Å²) < 4.78 is 4.93. The first-order valence-electron chi connectivity index (χ1n) is 5.52. The van der Waals surface area contributed by atoms with Crippen molar-refractivity contribution in [2.75, 3.05) is 0 Å². The molecule has 4 nitrogen and oxygen atoms in total. The van der Waals surface area contributed by atoms with Gasteiger partial charge in [-0.15, -0.1) is 0 Å². The van der Waals surface area contributed by atoms with Gasteiger partial charge in [0.25, 0.3) is 0 Å². The van der Waals surface area contributed by atoms with Crippen LogP contribution in [0.2, 0.25) is 0 Å². The molecule has 17 heavy (non-hydrogen) atoms. The summed E-state index contributed by atoms with van der Waals surface area (Å²) in [5.74, 6) is 0.173. The van der Waals surface area contributed by atoms with Crippen LogP contribution in [0.5, 0.6) is 5.75 Å². The van der Waals surface area contributed by atoms with E-state index in [9.17, 15) is 9.59 Å². The van der Waals surface area contributed by atoms with E-state index in [1.807, 2.05) is 19.1 Å². The number of hydrogen-bond acceptors (Lipinski definition) is 3. The van der Waals surface area contributed by atoms with E-state index >= 15 is 0 Å². The average molecular weight is 235 g/mol. The summed E-state index contributed by atoms with van der Waals surface area (Å²) in [7, 11) is 0. The Kier molecular flexibility index (Phi) is 4.69. The minimum Gasteiger partial charge on any atom is -0.427 e. The Balaban J connectivity index is 2.56. The van der Waals surface area contributed by atoms with E-state index in [0.29, 0.717) is 5.75 Å². The van der Waals surface area contributed by atoms with Gasteiger partial charge in [-0.3, -0.25) is 9.59 Å². The molecule has 0 aliphatic rings. The van der Waals surface area contributed by atoms with Gasteiger partial charge in [-0.25, -0.2) is 0 Å². The highest BCUT2D eigenvalue weighted by atomic mass is 16.5. The Bertz CT molecular complexity index is 398. The second-order valence-corrected chi connectivity index (χ2v) is 4.04. The zero-order valence-electron chi connectivity index (χ0n) is 10.3. The Morgan fingerprint density at radius 3 is 2.29 bits per heavy atom. The standard InChI is InChI=1S/C13H17NO3/c1-9(14-10(2)15)8-12-4-6-13(7-5-12)17-11(3)16/h4-7,9H,8H2,1-3H3,(H,14,15)/t9-/m0/s1. The van der Waals surface area contributed by atoms with Crippen LogP contribution in [0, 0.1) is 0 Å². The molecule has 0 aliphatic carbocycles. The van der Waals surface area contributed by atoms with Gasteiger partial charge in [-0.1, -0.05) is 12.1 Å². The van der Waals surface area contributed by atoms with E-state index in [0.717, 1.165) is 12.0 Å². The van der Waals surface area contributed by atoms with Crippen LogP contribution in [0.4, 0.5) is 0 Å². The fourth-order valence-corrected chi connectivity index (χ4v) is 1.61. The zero-order valence-corrected chi connectivity index (χ0v) is 10.3. The lowest BCUT2D eigenvalue weighted by Crippen LogP contribution is -2.31. The van der Waals surface area contributed by atoms with Crippen molar-refractivity contribution >= 4 is 11.9 Å². The summed E-state index contributed by atoms with van der Waals surface area (Å²) in [6.07, 6.45) is 0.750. The molecule has 0 aliphatic heterocycles. The third-order valence-corrected chi connectivity index (χ3v) is 2.18. The van der Waals surface area contributed by atoms with E-state index in [1.54, 1.807) is 12.1 Å².